The largest absolute Gasteiger partial charge is 0.416 e. The molecule has 24 heavy (non-hydrogen) atoms. The highest BCUT2D eigenvalue weighted by Gasteiger charge is 2.30. The summed E-state index contributed by atoms with van der Waals surface area (Å²) >= 11 is 0. The van der Waals surface area contributed by atoms with Gasteiger partial charge in [-0.15, -0.1) is 0 Å². The maximum Gasteiger partial charge on any atom is 0.416 e. The normalized spacial score (nSPS) is 15.7. The van der Waals surface area contributed by atoms with Crippen LogP contribution in [0.5, 0.6) is 0 Å². The summed E-state index contributed by atoms with van der Waals surface area (Å²) < 4.78 is 39.3. The summed E-state index contributed by atoms with van der Waals surface area (Å²) in [6, 6.07) is 6.00. The molecule has 1 aromatic heterocycles. The molecule has 128 valence electrons. The predicted octanol–water partition coefficient (Wildman–Crippen LogP) is 4.35. The van der Waals surface area contributed by atoms with Gasteiger partial charge in [-0.05, 0) is 37.1 Å². The van der Waals surface area contributed by atoms with Crippen LogP contribution in [-0.2, 0) is 13.2 Å². The lowest BCUT2D eigenvalue weighted by atomic mass is 10.0. The molecule has 0 unspecified atom stereocenters. The van der Waals surface area contributed by atoms with E-state index in [0.717, 1.165) is 30.7 Å². The molecule has 0 spiro atoms. The molecular formula is C17H18F3N3O. The van der Waals surface area contributed by atoms with Gasteiger partial charge in [-0.1, -0.05) is 12.8 Å². The van der Waals surface area contributed by atoms with Crippen molar-refractivity contribution in [1.82, 2.24) is 9.78 Å². The summed E-state index contributed by atoms with van der Waals surface area (Å²) in [6.07, 6.45) is 0.169. The van der Waals surface area contributed by atoms with Gasteiger partial charge < -0.3 is 5.32 Å². The molecule has 3 rings (SSSR count). The number of anilines is 1. The van der Waals surface area contributed by atoms with Crippen LogP contribution >= 0.6 is 0 Å². The number of halogens is 3. The van der Waals surface area contributed by atoms with Crippen LogP contribution in [0.25, 0.3) is 0 Å². The highest BCUT2D eigenvalue weighted by Crippen LogP contribution is 2.34. The minimum absolute atomic E-state index is 0.173. The van der Waals surface area contributed by atoms with Crippen LogP contribution < -0.4 is 5.32 Å². The van der Waals surface area contributed by atoms with Crippen LogP contribution in [-0.4, -0.2) is 15.7 Å². The van der Waals surface area contributed by atoms with Gasteiger partial charge in [0, 0.05) is 24.6 Å². The Kier molecular flexibility index (Phi) is 4.34. The molecule has 1 N–H and O–H groups in total. The first-order valence-corrected chi connectivity index (χ1v) is 7.87. The molecule has 2 aromatic rings. The van der Waals surface area contributed by atoms with Gasteiger partial charge in [0.2, 0.25) is 0 Å². The Balaban J connectivity index is 1.72. The van der Waals surface area contributed by atoms with Crippen molar-refractivity contribution in [1.29, 1.82) is 0 Å². The van der Waals surface area contributed by atoms with Crippen LogP contribution in [0.1, 0.15) is 53.2 Å². The van der Waals surface area contributed by atoms with Gasteiger partial charge in [0.1, 0.15) is 5.82 Å². The quantitative estimate of drug-likeness (QED) is 0.905. The standard InChI is InChI=1S/C17H18F3N3O/c1-23-15(10-14(22-23)11-4-2-3-5-11)21-16(24)12-6-8-13(9-7-12)17(18,19)20/h6-11H,2-5H2,1H3,(H,21,24). The van der Waals surface area contributed by atoms with Crippen molar-refractivity contribution >= 4 is 11.7 Å². The third-order valence-corrected chi connectivity index (χ3v) is 4.39. The Morgan fingerprint density at radius 2 is 1.83 bits per heavy atom. The molecule has 0 radical (unpaired) electrons. The van der Waals surface area contributed by atoms with Crippen LogP contribution in [0.3, 0.4) is 0 Å². The van der Waals surface area contributed by atoms with E-state index in [-0.39, 0.29) is 5.56 Å². The Labute approximate surface area is 137 Å². The second kappa shape index (κ2) is 6.30. The van der Waals surface area contributed by atoms with E-state index in [1.54, 1.807) is 11.7 Å². The zero-order valence-electron chi connectivity index (χ0n) is 13.2. The molecule has 1 saturated carbocycles. The third kappa shape index (κ3) is 3.44. The number of benzene rings is 1. The van der Waals surface area contributed by atoms with Crippen molar-refractivity contribution in [2.45, 2.75) is 37.8 Å². The van der Waals surface area contributed by atoms with Gasteiger partial charge >= 0.3 is 6.18 Å². The number of carbonyl (C=O) groups is 1. The Bertz CT molecular complexity index is 729. The fourth-order valence-electron chi connectivity index (χ4n) is 3.03. The number of nitrogens with one attached hydrogen (secondary N) is 1. The second-order valence-corrected chi connectivity index (χ2v) is 6.09. The van der Waals surface area contributed by atoms with Gasteiger partial charge in [-0.3, -0.25) is 9.48 Å². The Morgan fingerprint density at radius 3 is 2.42 bits per heavy atom. The Hall–Kier alpha value is -2.31. The number of hydrogen-bond acceptors (Lipinski definition) is 2. The number of rotatable bonds is 3. The van der Waals surface area contributed by atoms with Crippen molar-refractivity contribution in [3.8, 4) is 0 Å². The lowest BCUT2D eigenvalue weighted by Crippen LogP contribution is -2.15. The monoisotopic (exact) mass is 337 g/mol. The van der Waals surface area contributed by atoms with Crippen LogP contribution in [0.2, 0.25) is 0 Å². The molecule has 0 aliphatic heterocycles. The summed E-state index contributed by atoms with van der Waals surface area (Å²) in [7, 11) is 1.74. The number of nitrogens with zero attached hydrogens (tertiary/aromatic N) is 2. The average Bonchev–Trinajstić information content (AvgIpc) is 3.17. The maximum absolute atomic E-state index is 12.6. The minimum atomic E-state index is -4.41. The van der Waals surface area contributed by atoms with Crippen molar-refractivity contribution < 1.29 is 18.0 Å². The first kappa shape index (κ1) is 16.5. The van der Waals surface area contributed by atoms with Gasteiger partial charge in [0.25, 0.3) is 5.91 Å². The highest BCUT2D eigenvalue weighted by atomic mass is 19.4. The SMILES string of the molecule is Cn1nc(C2CCCC2)cc1NC(=O)c1ccc(C(F)(F)F)cc1. The zero-order valence-corrected chi connectivity index (χ0v) is 13.2. The summed E-state index contributed by atoms with van der Waals surface area (Å²) in [5, 5.41) is 7.15. The molecule has 1 aliphatic rings. The lowest BCUT2D eigenvalue weighted by Gasteiger charge is -2.08. The summed E-state index contributed by atoms with van der Waals surface area (Å²) in [6.45, 7) is 0. The van der Waals surface area contributed by atoms with E-state index < -0.39 is 17.6 Å². The number of hydrogen-bond donors (Lipinski definition) is 1. The number of aromatic nitrogens is 2. The summed E-state index contributed by atoms with van der Waals surface area (Å²) in [4.78, 5) is 12.2. The van der Waals surface area contributed by atoms with Crippen molar-refractivity contribution in [3.63, 3.8) is 0 Å². The van der Waals surface area contributed by atoms with Gasteiger partial charge in [0.15, 0.2) is 0 Å². The molecule has 0 saturated heterocycles. The van der Waals surface area contributed by atoms with E-state index >= 15 is 0 Å². The molecule has 1 amide bonds. The molecule has 1 aromatic carbocycles. The first-order valence-electron chi connectivity index (χ1n) is 7.87. The molecule has 4 nitrogen and oxygen atoms in total. The van der Waals surface area contributed by atoms with Crippen LogP contribution in [0.4, 0.5) is 19.0 Å². The predicted molar refractivity (Wildman–Crippen MR) is 83.8 cm³/mol. The van der Waals surface area contributed by atoms with E-state index in [1.807, 2.05) is 6.07 Å². The number of carbonyl (C=O) groups excluding carboxylic acids is 1. The smallest absolute Gasteiger partial charge is 0.307 e. The first-order chi connectivity index (χ1) is 11.3. The van der Waals surface area contributed by atoms with Gasteiger partial charge in [-0.25, -0.2) is 0 Å². The summed E-state index contributed by atoms with van der Waals surface area (Å²) in [5.74, 6) is 0.513. The van der Waals surface area contributed by atoms with Crippen molar-refractivity contribution in [2.24, 2.45) is 7.05 Å². The number of alkyl halides is 3. The molecule has 1 fully saturated rings. The topological polar surface area (TPSA) is 46.9 Å². The van der Waals surface area contributed by atoms with Crippen molar-refractivity contribution in [2.75, 3.05) is 5.32 Å². The highest BCUT2D eigenvalue weighted by molar-refractivity contribution is 6.03. The molecule has 1 aliphatic carbocycles. The lowest BCUT2D eigenvalue weighted by molar-refractivity contribution is -0.137. The molecule has 0 atom stereocenters. The fourth-order valence-corrected chi connectivity index (χ4v) is 3.03. The van der Waals surface area contributed by atoms with Gasteiger partial charge in [0.05, 0.1) is 11.3 Å². The minimum Gasteiger partial charge on any atom is -0.307 e. The maximum atomic E-state index is 12.6. The Morgan fingerprint density at radius 1 is 1.21 bits per heavy atom. The van der Waals surface area contributed by atoms with Gasteiger partial charge in [-0.2, -0.15) is 18.3 Å². The van der Waals surface area contributed by atoms with Crippen molar-refractivity contribution in [3.05, 3.63) is 47.2 Å². The van der Waals surface area contributed by atoms with Crippen LogP contribution in [0.15, 0.2) is 30.3 Å². The van der Waals surface area contributed by atoms with E-state index in [1.165, 1.54) is 25.0 Å². The number of amides is 1. The average molecular weight is 337 g/mol. The third-order valence-electron chi connectivity index (χ3n) is 4.39. The fraction of sp³-hybridized carbons (Fsp3) is 0.412. The van der Waals surface area contributed by atoms with E-state index in [9.17, 15) is 18.0 Å². The molecule has 7 heteroatoms. The molecule has 1 heterocycles. The molecule has 0 bridgehead atoms. The van der Waals surface area contributed by atoms with E-state index in [4.69, 9.17) is 0 Å². The molecular weight excluding hydrogens is 319 g/mol. The summed E-state index contributed by atoms with van der Waals surface area (Å²) in [5.41, 5.74) is 0.354. The van der Waals surface area contributed by atoms with Crippen LogP contribution in [0, 0.1) is 0 Å². The van der Waals surface area contributed by atoms with E-state index in [0.29, 0.717) is 11.7 Å². The zero-order chi connectivity index (χ0) is 17.3. The second-order valence-electron chi connectivity index (χ2n) is 6.09. The van der Waals surface area contributed by atoms with E-state index in [2.05, 4.69) is 10.4 Å². The number of aryl methyl sites for hydroxylation is 1.